The third kappa shape index (κ3) is 4.84. The fourth-order valence-electron chi connectivity index (χ4n) is 2.97. The van der Waals surface area contributed by atoms with E-state index in [1.165, 1.54) is 23.4 Å². The lowest BCUT2D eigenvalue weighted by Crippen LogP contribution is -2.41. The molecule has 144 valence electrons. The van der Waals surface area contributed by atoms with Crippen LogP contribution in [0.2, 0.25) is 0 Å². The predicted octanol–water partition coefficient (Wildman–Crippen LogP) is 2.58. The van der Waals surface area contributed by atoms with Gasteiger partial charge in [-0.3, -0.25) is 9.78 Å². The summed E-state index contributed by atoms with van der Waals surface area (Å²) in [4.78, 5) is 15.5. The van der Waals surface area contributed by atoms with Crippen molar-refractivity contribution in [2.45, 2.75) is 37.7 Å². The monoisotopic (exact) mass is 389 g/mol. The summed E-state index contributed by atoms with van der Waals surface area (Å²) >= 11 is 0. The molecule has 1 aliphatic heterocycles. The molecule has 0 spiro atoms. The number of ether oxygens (including phenoxy) is 1. The molecule has 1 aliphatic rings. The van der Waals surface area contributed by atoms with E-state index >= 15 is 0 Å². The molecular formula is C19H23N3O4S. The van der Waals surface area contributed by atoms with Gasteiger partial charge in [0.05, 0.1) is 11.1 Å². The molecule has 1 saturated heterocycles. The van der Waals surface area contributed by atoms with Crippen LogP contribution in [0.25, 0.3) is 0 Å². The summed E-state index contributed by atoms with van der Waals surface area (Å²) in [6.07, 6.45) is 2.91. The van der Waals surface area contributed by atoms with E-state index in [9.17, 15) is 13.2 Å². The van der Waals surface area contributed by atoms with Gasteiger partial charge in [0.25, 0.3) is 0 Å². The first kappa shape index (κ1) is 19.3. The number of aromatic nitrogens is 1. The molecule has 0 radical (unpaired) electrons. The van der Waals surface area contributed by atoms with Gasteiger partial charge in [0.2, 0.25) is 15.9 Å². The Balaban J connectivity index is 1.60. The molecule has 7 nitrogen and oxygen atoms in total. The number of carbonyl (C=O) groups is 1. The zero-order valence-corrected chi connectivity index (χ0v) is 16.2. The molecule has 2 heterocycles. The van der Waals surface area contributed by atoms with Gasteiger partial charge in [-0.05, 0) is 56.2 Å². The van der Waals surface area contributed by atoms with E-state index in [1.54, 1.807) is 18.3 Å². The molecule has 2 aromatic rings. The van der Waals surface area contributed by atoms with Crippen LogP contribution in [0.3, 0.4) is 0 Å². The number of nitrogens with one attached hydrogen (secondary N) is 1. The van der Waals surface area contributed by atoms with Crippen molar-refractivity contribution in [1.82, 2.24) is 9.29 Å². The molecule has 1 N–H and O–H groups in total. The number of anilines is 1. The largest absolute Gasteiger partial charge is 0.489 e. The van der Waals surface area contributed by atoms with Gasteiger partial charge in [0.1, 0.15) is 11.9 Å². The Morgan fingerprint density at radius 1 is 1.15 bits per heavy atom. The van der Waals surface area contributed by atoms with E-state index in [0.717, 1.165) is 5.69 Å². The molecule has 1 aromatic heterocycles. The summed E-state index contributed by atoms with van der Waals surface area (Å²) < 4.78 is 33.0. The predicted molar refractivity (Wildman–Crippen MR) is 102 cm³/mol. The van der Waals surface area contributed by atoms with E-state index < -0.39 is 10.0 Å². The normalized spacial score (nSPS) is 16.1. The van der Waals surface area contributed by atoms with Crippen molar-refractivity contribution in [2.24, 2.45) is 0 Å². The average molecular weight is 389 g/mol. The molecule has 0 atom stereocenters. The van der Waals surface area contributed by atoms with Crippen LogP contribution < -0.4 is 10.1 Å². The number of piperidine rings is 1. The molecule has 0 bridgehead atoms. The van der Waals surface area contributed by atoms with Gasteiger partial charge >= 0.3 is 0 Å². The Bertz CT molecular complexity index is 888. The minimum atomic E-state index is -3.56. The quantitative estimate of drug-likeness (QED) is 0.849. The fraction of sp³-hybridized carbons (Fsp3) is 0.368. The van der Waals surface area contributed by atoms with E-state index in [1.807, 2.05) is 19.1 Å². The van der Waals surface area contributed by atoms with Crippen molar-refractivity contribution in [3.63, 3.8) is 0 Å². The number of pyridine rings is 1. The minimum absolute atomic E-state index is 0.0249. The highest BCUT2D eigenvalue weighted by molar-refractivity contribution is 7.89. The lowest BCUT2D eigenvalue weighted by atomic mass is 10.1. The van der Waals surface area contributed by atoms with Crippen LogP contribution in [0.15, 0.2) is 47.5 Å². The minimum Gasteiger partial charge on any atom is -0.489 e. The zero-order valence-electron chi connectivity index (χ0n) is 15.4. The molecule has 3 rings (SSSR count). The van der Waals surface area contributed by atoms with Crippen LogP contribution in [0.5, 0.6) is 5.75 Å². The van der Waals surface area contributed by atoms with Crippen molar-refractivity contribution >= 4 is 21.6 Å². The molecule has 8 heteroatoms. The number of carbonyl (C=O) groups excluding carboxylic acids is 1. The Morgan fingerprint density at radius 2 is 1.81 bits per heavy atom. The van der Waals surface area contributed by atoms with Gasteiger partial charge < -0.3 is 10.1 Å². The van der Waals surface area contributed by atoms with E-state index in [4.69, 9.17) is 4.74 Å². The number of amides is 1. The van der Waals surface area contributed by atoms with Gasteiger partial charge in [-0.25, -0.2) is 8.42 Å². The summed E-state index contributed by atoms with van der Waals surface area (Å²) in [5.74, 6) is 0.506. The van der Waals surface area contributed by atoms with Crippen LogP contribution in [-0.2, 0) is 14.8 Å². The number of hydrogen-bond donors (Lipinski definition) is 1. The first-order valence-electron chi connectivity index (χ1n) is 8.82. The maximum atomic E-state index is 12.8. The number of nitrogens with zero attached hydrogens (tertiary/aromatic N) is 2. The Labute approximate surface area is 159 Å². The molecule has 1 amide bonds. The van der Waals surface area contributed by atoms with E-state index in [0.29, 0.717) is 37.4 Å². The molecule has 0 saturated carbocycles. The number of rotatable bonds is 5. The van der Waals surface area contributed by atoms with Gasteiger partial charge in [-0.2, -0.15) is 4.31 Å². The summed E-state index contributed by atoms with van der Waals surface area (Å²) in [6.45, 7) is 4.12. The van der Waals surface area contributed by atoms with Crippen LogP contribution >= 0.6 is 0 Å². The molecule has 0 unspecified atom stereocenters. The topological polar surface area (TPSA) is 88.6 Å². The molecule has 27 heavy (non-hydrogen) atoms. The summed E-state index contributed by atoms with van der Waals surface area (Å²) in [5.41, 5.74) is 1.49. The van der Waals surface area contributed by atoms with Crippen molar-refractivity contribution < 1.29 is 17.9 Å². The first-order valence-corrected chi connectivity index (χ1v) is 10.3. The molecule has 0 aliphatic carbocycles. The molecular weight excluding hydrogens is 366 g/mol. The van der Waals surface area contributed by atoms with Crippen LogP contribution in [0.4, 0.5) is 5.69 Å². The van der Waals surface area contributed by atoms with E-state index in [-0.39, 0.29) is 16.9 Å². The maximum Gasteiger partial charge on any atom is 0.243 e. The second kappa shape index (κ2) is 8.06. The van der Waals surface area contributed by atoms with Crippen molar-refractivity contribution in [3.8, 4) is 5.75 Å². The number of aryl methyl sites for hydroxylation is 1. The smallest absolute Gasteiger partial charge is 0.243 e. The third-order valence-electron chi connectivity index (χ3n) is 4.40. The standard InChI is InChI=1S/C19H23N3O4S/c1-14-3-6-18(13-20-14)26-17-9-11-22(12-10-17)27(24,25)19-7-4-16(5-8-19)21-15(2)23/h3-8,13,17H,9-12H2,1-2H3,(H,21,23). The highest BCUT2D eigenvalue weighted by Crippen LogP contribution is 2.24. The summed E-state index contributed by atoms with van der Waals surface area (Å²) in [6, 6.07) is 9.98. The summed E-state index contributed by atoms with van der Waals surface area (Å²) in [7, 11) is -3.56. The van der Waals surface area contributed by atoms with Crippen LogP contribution in [0, 0.1) is 6.92 Å². The van der Waals surface area contributed by atoms with Gasteiger partial charge in [-0.15, -0.1) is 0 Å². The first-order chi connectivity index (χ1) is 12.8. The summed E-state index contributed by atoms with van der Waals surface area (Å²) in [5, 5.41) is 2.63. The lowest BCUT2D eigenvalue weighted by Gasteiger charge is -2.31. The van der Waals surface area contributed by atoms with Crippen molar-refractivity contribution in [3.05, 3.63) is 48.3 Å². The SMILES string of the molecule is CC(=O)Nc1ccc(S(=O)(=O)N2CCC(Oc3ccc(C)nc3)CC2)cc1. The van der Waals surface area contributed by atoms with Gasteiger partial charge in [-0.1, -0.05) is 0 Å². The zero-order chi connectivity index (χ0) is 19.4. The highest BCUT2D eigenvalue weighted by Gasteiger charge is 2.30. The van der Waals surface area contributed by atoms with Crippen molar-refractivity contribution in [2.75, 3.05) is 18.4 Å². The number of hydrogen-bond acceptors (Lipinski definition) is 5. The number of sulfonamides is 1. The average Bonchev–Trinajstić information content (AvgIpc) is 2.64. The third-order valence-corrected chi connectivity index (χ3v) is 6.31. The fourth-order valence-corrected chi connectivity index (χ4v) is 4.44. The van der Waals surface area contributed by atoms with Crippen molar-refractivity contribution in [1.29, 1.82) is 0 Å². The highest BCUT2D eigenvalue weighted by atomic mass is 32.2. The van der Waals surface area contributed by atoms with Crippen LogP contribution in [0.1, 0.15) is 25.5 Å². The Hall–Kier alpha value is -2.45. The van der Waals surface area contributed by atoms with E-state index in [2.05, 4.69) is 10.3 Å². The molecule has 1 aromatic carbocycles. The Kier molecular flexibility index (Phi) is 5.76. The van der Waals surface area contributed by atoms with Gasteiger partial charge in [0.15, 0.2) is 0 Å². The lowest BCUT2D eigenvalue weighted by molar-refractivity contribution is -0.114. The molecule has 1 fully saturated rings. The maximum absolute atomic E-state index is 12.8. The number of benzene rings is 1. The second-order valence-corrected chi connectivity index (χ2v) is 8.50. The second-order valence-electron chi connectivity index (χ2n) is 6.56. The Morgan fingerprint density at radius 3 is 2.37 bits per heavy atom. The van der Waals surface area contributed by atoms with Gasteiger partial charge in [0, 0.05) is 31.4 Å². The van der Waals surface area contributed by atoms with Crippen LogP contribution in [-0.4, -0.2) is 42.8 Å².